The van der Waals surface area contributed by atoms with Crippen LogP contribution in [-0.4, -0.2) is 19.1 Å². The number of carbonyl (C=O) groups excluding carboxylic acids is 1. The maximum Gasteiger partial charge on any atom is 0.251 e. The molecule has 0 fully saturated rings. The number of hydrogen-bond donors (Lipinski definition) is 1. The minimum Gasteiger partial charge on any atom is -0.492 e. The van der Waals surface area contributed by atoms with Crippen LogP contribution in [0.1, 0.15) is 21.5 Å². The van der Waals surface area contributed by atoms with Gasteiger partial charge in [0.15, 0.2) is 0 Å². The molecule has 2 rings (SSSR count). The Morgan fingerprint density at radius 2 is 1.90 bits per heavy atom. The average Bonchev–Trinajstić information content (AvgIpc) is 2.47. The molecule has 2 aromatic carbocycles. The molecule has 0 unspecified atom stereocenters. The van der Waals surface area contributed by atoms with Gasteiger partial charge in [-0.1, -0.05) is 29.8 Å². The molecule has 0 aliphatic rings. The van der Waals surface area contributed by atoms with E-state index < -0.39 is 0 Å². The van der Waals surface area contributed by atoms with E-state index in [4.69, 9.17) is 16.3 Å². The van der Waals surface area contributed by atoms with Gasteiger partial charge in [0, 0.05) is 10.6 Å². The fraction of sp³-hybridized carbons (Fsp3) is 0.235. The first kappa shape index (κ1) is 15.4. The molecule has 1 N–H and O–H groups in total. The van der Waals surface area contributed by atoms with Crippen LogP contribution in [0.25, 0.3) is 0 Å². The topological polar surface area (TPSA) is 38.3 Å². The highest BCUT2D eigenvalue weighted by molar-refractivity contribution is 6.31. The SMILES string of the molecule is Cc1cc(OCCNC(=O)c2ccccc2C)ccc1Cl. The first-order chi connectivity index (χ1) is 10.1. The smallest absolute Gasteiger partial charge is 0.251 e. The fourth-order valence-electron chi connectivity index (χ4n) is 1.96. The number of hydrogen-bond acceptors (Lipinski definition) is 2. The highest BCUT2D eigenvalue weighted by Gasteiger charge is 2.07. The van der Waals surface area contributed by atoms with Gasteiger partial charge in [0.1, 0.15) is 12.4 Å². The molecule has 1 amide bonds. The van der Waals surface area contributed by atoms with Crippen LogP contribution in [0.3, 0.4) is 0 Å². The Kier molecular flexibility index (Phi) is 5.23. The number of rotatable bonds is 5. The molecule has 0 heterocycles. The molecule has 0 spiro atoms. The minimum absolute atomic E-state index is 0.0796. The summed E-state index contributed by atoms with van der Waals surface area (Å²) >= 11 is 5.95. The van der Waals surface area contributed by atoms with Crippen molar-refractivity contribution in [3.63, 3.8) is 0 Å². The molecule has 0 atom stereocenters. The van der Waals surface area contributed by atoms with Crippen molar-refractivity contribution in [3.05, 3.63) is 64.2 Å². The molecule has 0 aliphatic carbocycles. The standard InChI is InChI=1S/C17H18ClNO2/c1-12-5-3-4-6-15(12)17(20)19-9-10-21-14-7-8-16(18)13(2)11-14/h3-8,11H,9-10H2,1-2H3,(H,19,20). The van der Waals surface area contributed by atoms with Crippen molar-refractivity contribution >= 4 is 17.5 Å². The van der Waals surface area contributed by atoms with E-state index in [2.05, 4.69) is 5.32 Å². The first-order valence-electron chi connectivity index (χ1n) is 6.80. The maximum atomic E-state index is 12.0. The molecule has 0 saturated carbocycles. The maximum absolute atomic E-state index is 12.0. The highest BCUT2D eigenvalue weighted by atomic mass is 35.5. The molecular formula is C17H18ClNO2. The molecule has 0 bridgehead atoms. The predicted octanol–water partition coefficient (Wildman–Crippen LogP) is 3.77. The van der Waals surface area contributed by atoms with E-state index >= 15 is 0 Å². The summed E-state index contributed by atoms with van der Waals surface area (Å²) in [6.45, 7) is 4.71. The third-order valence-corrected chi connectivity index (χ3v) is 3.60. The summed E-state index contributed by atoms with van der Waals surface area (Å²) in [7, 11) is 0. The van der Waals surface area contributed by atoms with Gasteiger partial charge in [0.2, 0.25) is 0 Å². The van der Waals surface area contributed by atoms with Crippen molar-refractivity contribution in [3.8, 4) is 5.75 Å². The van der Waals surface area contributed by atoms with Crippen LogP contribution in [-0.2, 0) is 0 Å². The zero-order valence-electron chi connectivity index (χ0n) is 12.2. The van der Waals surface area contributed by atoms with Crippen LogP contribution < -0.4 is 10.1 Å². The number of carbonyl (C=O) groups is 1. The summed E-state index contributed by atoms with van der Waals surface area (Å²) < 4.78 is 5.58. The second-order valence-electron chi connectivity index (χ2n) is 4.83. The normalized spacial score (nSPS) is 10.2. The van der Waals surface area contributed by atoms with Gasteiger partial charge < -0.3 is 10.1 Å². The van der Waals surface area contributed by atoms with E-state index in [-0.39, 0.29) is 5.91 Å². The van der Waals surface area contributed by atoms with Crippen LogP contribution in [0.4, 0.5) is 0 Å². The molecule has 0 aromatic heterocycles. The number of benzene rings is 2. The van der Waals surface area contributed by atoms with E-state index in [1.54, 1.807) is 6.07 Å². The Morgan fingerprint density at radius 3 is 2.62 bits per heavy atom. The summed E-state index contributed by atoms with van der Waals surface area (Å²) in [5, 5.41) is 3.56. The lowest BCUT2D eigenvalue weighted by Crippen LogP contribution is -2.28. The van der Waals surface area contributed by atoms with Gasteiger partial charge in [0.25, 0.3) is 5.91 Å². The minimum atomic E-state index is -0.0796. The number of ether oxygens (including phenoxy) is 1. The number of nitrogens with one attached hydrogen (secondary N) is 1. The molecule has 0 radical (unpaired) electrons. The lowest BCUT2D eigenvalue weighted by molar-refractivity contribution is 0.0946. The van der Waals surface area contributed by atoms with E-state index in [1.807, 2.05) is 50.2 Å². The molecule has 3 nitrogen and oxygen atoms in total. The molecule has 21 heavy (non-hydrogen) atoms. The quantitative estimate of drug-likeness (QED) is 0.854. The van der Waals surface area contributed by atoms with Gasteiger partial charge in [-0.2, -0.15) is 0 Å². The first-order valence-corrected chi connectivity index (χ1v) is 7.18. The van der Waals surface area contributed by atoms with E-state index in [0.717, 1.165) is 21.9 Å². The largest absolute Gasteiger partial charge is 0.492 e. The van der Waals surface area contributed by atoms with Crippen LogP contribution in [0, 0.1) is 13.8 Å². The van der Waals surface area contributed by atoms with Crippen LogP contribution >= 0.6 is 11.6 Å². The van der Waals surface area contributed by atoms with Gasteiger partial charge in [-0.3, -0.25) is 4.79 Å². The molecule has 2 aromatic rings. The van der Waals surface area contributed by atoms with Crippen LogP contribution in [0.15, 0.2) is 42.5 Å². The zero-order valence-corrected chi connectivity index (χ0v) is 12.9. The molecule has 110 valence electrons. The summed E-state index contributed by atoms with van der Waals surface area (Å²) in [4.78, 5) is 12.0. The third-order valence-electron chi connectivity index (χ3n) is 3.18. The van der Waals surface area contributed by atoms with E-state index in [9.17, 15) is 4.79 Å². The van der Waals surface area contributed by atoms with Gasteiger partial charge in [0.05, 0.1) is 6.54 Å². The van der Waals surface area contributed by atoms with Crippen molar-refractivity contribution in [1.29, 1.82) is 0 Å². The van der Waals surface area contributed by atoms with Crippen molar-refractivity contribution < 1.29 is 9.53 Å². The van der Waals surface area contributed by atoms with Gasteiger partial charge in [-0.25, -0.2) is 0 Å². The molecule has 0 aliphatic heterocycles. The number of aryl methyl sites for hydroxylation is 2. The van der Waals surface area contributed by atoms with Gasteiger partial charge in [-0.05, 0) is 49.2 Å². The Morgan fingerprint density at radius 1 is 1.14 bits per heavy atom. The van der Waals surface area contributed by atoms with Crippen molar-refractivity contribution in [2.75, 3.05) is 13.2 Å². The van der Waals surface area contributed by atoms with Crippen molar-refractivity contribution in [2.45, 2.75) is 13.8 Å². The lowest BCUT2D eigenvalue weighted by atomic mass is 10.1. The number of halogens is 1. The molecular weight excluding hydrogens is 286 g/mol. The van der Waals surface area contributed by atoms with Crippen molar-refractivity contribution in [1.82, 2.24) is 5.32 Å². The summed E-state index contributed by atoms with van der Waals surface area (Å²) in [5.74, 6) is 0.672. The Bertz CT molecular complexity index is 640. The lowest BCUT2D eigenvalue weighted by Gasteiger charge is -2.10. The molecule has 0 saturated heterocycles. The Hall–Kier alpha value is -2.00. The summed E-state index contributed by atoms with van der Waals surface area (Å²) in [5.41, 5.74) is 2.63. The summed E-state index contributed by atoms with van der Waals surface area (Å²) in [6, 6.07) is 13.0. The zero-order chi connectivity index (χ0) is 15.2. The molecule has 4 heteroatoms. The van der Waals surface area contributed by atoms with Gasteiger partial charge in [-0.15, -0.1) is 0 Å². The van der Waals surface area contributed by atoms with E-state index in [0.29, 0.717) is 18.7 Å². The number of amides is 1. The monoisotopic (exact) mass is 303 g/mol. The second kappa shape index (κ2) is 7.14. The second-order valence-corrected chi connectivity index (χ2v) is 5.24. The van der Waals surface area contributed by atoms with Crippen LogP contribution in [0.5, 0.6) is 5.75 Å². The van der Waals surface area contributed by atoms with E-state index in [1.165, 1.54) is 0 Å². The van der Waals surface area contributed by atoms with Gasteiger partial charge >= 0.3 is 0 Å². The fourth-order valence-corrected chi connectivity index (χ4v) is 2.08. The third kappa shape index (κ3) is 4.23. The summed E-state index contributed by atoms with van der Waals surface area (Å²) in [6.07, 6.45) is 0. The predicted molar refractivity (Wildman–Crippen MR) is 85.2 cm³/mol. The average molecular weight is 304 g/mol. The Labute approximate surface area is 129 Å². The van der Waals surface area contributed by atoms with Crippen molar-refractivity contribution in [2.24, 2.45) is 0 Å². The van der Waals surface area contributed by atoms with Crippen LogP contribution in [0.2, 0.25) is 5.02 Å². The highest BCUT2D eigenvalue weighted by Crippen LogP contribution is 2.20. The Balaban J connectivity index is 1.81.